The summed E-state index contributed by atoms with van der Waals surface area (Å²) in [6.07, 6.45) is 5.75. The minimum atomic E-state index is -0.699. The highest BCUT2D eigenvalue weighted by Gasteiger charge is 2.26. The molecular weight excluding hydrogens is 429 g/mol. The summed E-state index contributed by atoms with van der Waals surface area (Å²) in [6.45, 7) is 4.91. The second kappa shape index (κ2) is 7.91. The summed E-state index contributed by atoms with van der Waals surface area (Å²) in [7, 11) is 1.45. The van der Waals surface area contributed by atoms with Gasteiger partial charge in [-0.05, 0) is 26.7 Å². The predicted octanol–water partition coefficient (Wildman–Crippen LogP) is 2.14. The molecule has 0 bridgehead atoms. The molecule has 1 fully saturated rings. The zero-order valence-corrected chi connectivity index (χ0v) is 18.4. The van der Waals surface area contributed by atoms with Crippen molar-refractivity contribution in [1.82, 2.24) is 29.2 Å². The first-order chi connectivity index (χ1) is 15.8. The third-order valence-electron chi connectivity index (χ3n) is 6.18. The van der Waals surface area contributed by atoms with Gasteiger partial charge < -0.3 is 14.0 Å². The van der Waals surface area contributed by atoms with Crippen molar-refractivity contribution >= 4 is 17.1 Å². The lowest BCUT2D eigenvalue weighted by Crippen LogP contribution is -2.45. The molecule has 5 heterocycles. The molecule has 33 heavy (non-hydrogen) atoms. The monoisotopic (exact) mass is 451 g/mol. The van der Waals surface area contributed by atoms with E-state index in [1.807, 2.05) is 18.7 Å². The molecule has 1 aliphatic heterocycles. The SMILES string of the molecule is Cc1noc(C)c1-c1cnc(N2CCC(n3c(=O)c(=O)n(C)c4cc(F)cnc43)CC2)nc1. The number of halogens is 1. The number of aryl methyl sites for hydroxylation is 3. The number of hydrogen-bond acceptors (Lipinski definition) is 8. The van der Waals surface area contributed by atoms with Gasteiger partial charge in [-0.2, -0.15) is 0 Å². The van der Waals surface area contributed by atoms with Crippen molar-refractivity contribution in [3.05, 3.63) is 62.6 Å². The van der Waals surface area contributed by atoms with Crippen molar-refractivity contribution in [1.29, 1.82) is 0 Å². The van der Waals surface area contributed by atoms with Gasteiger partial charge in [0, 0.05) is 50.2 Å². The van der Waals surface area contributed by atoms with E-state index < -0.39 is 16.9 Å². The Hall–Kier alpha value is -3.89. The Balaban J connectivity index is 1.40. The molecule has 0 radical (unpaired) electrons. The van der Waals surface area contributed by atoms with Crippen molar-refractivity contribution in [3.63, 3.8) is 0 Å². The van der Waals surface area contributed by atoms with E-state index in [9.17, 15) is 14.0 Å². The van der Waals surface area contributed by atoms with Crippen LogP contribution in [0.5, 0.6) is 0 Å². The van der Waals surface area contributed by atoms with Crippen LogP contribution in [0.1, 0.15) is 30.3 Å². The summed E-state index contributed by atoms with van der Waals surface area (Å²) in [5.41, 5.74) is 1.76. The molecule has 11 heteroatoms. The Bertz CT molecular complexity index is 1450. The molecule has 4 aromatic heterocycles. The van der Waals surface area contributed by atoms with Gasteiger partial charge in [-0.15, -0.1) is 0 Å². The third kappa shape index (κ3) is 3.49. The molecule has 0 aliphatic carbocycles. The van der Waals surface area contributed by atoms with E-state index in [4.69, 9.17) is 4.52 Å². The fraction of sp³-hybridized carbons (Fsp3) is 0.364. The Kier molecular flexibility index (Phi) is 5.03. The Labute approximate surface area is 187 Å². The van der Waals surface area contributed by atoms with Crippen LogP contribution in [-0.2, 0) is 7.05 Å². The Morgan fingerprint density at radius 2 is 1.73 bits per heavy atom. The molecule has 5 rings (SSSR count). The predicted molar refractivity (Wildman–Crippen MR) is 119 cm³/mol. The summed E-state index contributed by atoms with van der Waals surface area (Å²) in [5.74, 6) is 0.741. The van der Waals surface area contributed by atoms with Crippen LogP contribution in [0.3, 0.4) is 0 Å². The number of anilines is 1. The number of aromatic nitrogens is 6. The first kappa shape index (κ1) is 21.0. The smallest absolute Gasteiger partial charge is 0.318 e. The normalized spacial score (nSPS) is 14.8. The van der Waals surface area contributed by atoms with Gasteiger partial charge in [0.15, 0.2) is 5.65 Å². The van der Waals surface area contributed by atoms with Crippen LogP contribution in [0, 0.1) is 19.7 Å². The van der Waals surface area contributed by atoms with Crippen LogP contribution < -0.4 is 16.0 Å². The minimum Gasteiger partial charge on any atom is -0.361 e. The van der Waals surface area contributed by atoms with Crippen molar-refractivity contribution in [2.24, 2.45) is 7.05 Å². The molecule has 0 aromatic carbocycles. The van der Waals surface area contributed by atoms with Crippen LogP contribution >= 0.6 is 0 Å². The summed E-state index contributed by atoms with van der Waals surface area (Å²) >= 11 is 0. The molecule has 0 amide bonds. The molecule has 170 valence electrons. The van der Waals surface area contributed by atoms with Gasteiger partial charge in [-0.25, -0.2) is 19.3 Å². The first-order valence-electron chi connectivity index (χ1n) is 10.6. The van der Waals surface area contributed by atoms with Gasteiger partial charge in [0.05, 0.1) is 23.0 Å². The number of hydrogen-bond donors (Lipinski definition) is 0. The molecule has 0 N–H and O–H groups in total. The molecular formula is C22H22FN7O3. The molecule has 0 spiro atoms. The standard InChI is InChI=1S/C22H22FN7O3/c1-12-18(13(2)33-27-12)14-9-25-22(26-10-14)29-6-4-16(5-7-29)30-19-17(8-15(23)11-24-19)28(3)20(31)21(30)32/h8-11,16H,4-7H2,1-3H3. The topological polar surface area (TPSA) is 112 Å². The fourth-order valence-electron chi connectivity index (χ4n) is 4.48. The van der Waals surface area contributed by atoms with Crippen molar-refractivity contribution in [2.45, 2.75) is 32.7 Å². The van der Waals surface area contributed by atoms with Gasteiger partial charge in [0.25, 0.3) is 0 Å². The van der Waals surface area contributed by atoms with Gasteiger partial charge in [0.1, 0.15) is 11.6 Å². The maximum atomic E-state index is 13.7. The van der Waals surface area contributed by atoms with E-state index in [0.29, 0.717) is 48.8 Å². The Morgan fingerprint density at radius 3 is 2.36 bits per heavy atom. The first-order valence-corrected chi connectivity index (χ1v) is 10.6. The van der Waals surface area contributed by atoms with E-state index in [2.05, 4.69) is 20.1 Å². The van der Waals surface area contributed by atoms with E-state index in [-0.39, 0.29) is 6.04 Å². The zero-order valence-electron chi connectivity index (χ0n) is 18.4. The van der Waals surface area contributed by atoms with Crippen molar-refractivity contribution in [2.75, 3.05) is 18.0 Å². The number of pyridine rings is 1. The van der Waals surface area contributed by atoms with Gasteiger partial charge in [-0.3, -0.25) is 14.2 Å². The fourth-order valence-corrected chi connectivity index (χ4v) is 4.48. The quantitative estimate of drug-likeness (QED) is 0.436. The molecule has 4 aromatic rings. The molecule has 10 nitrogen and oxygen atoms in total. The summed E-state index contributed by atoms with van der Waals surface area (Å²) in [6, 6.07) is 0.994. The third-order valence-corrected chi connectivity index (χ3v) is 6.18. The van der Waals surface area contributed by atoms with Crippen LogP contribution in [0.2, 0.25) is 0 Å². The van der Waals surface area contributed by atoms with E-state index in [0.717, 1.165) is 27.6 Å². The molecule has 0 atom stereocenters. The summed E-state index contributed by atoms with van der Waals surface area (Å²) in [5, 5.41) is 3.97. The van der Waals surface area contributed by atoms with Gasteiger partial charge >= 0.3 is 11.1 Å². The van der Waals surface area contributed by atoms with Crippen LogP contribution in [0.15, 0.2) is 38.8 Å². The second-order valence-corrected chi connectivity index (χ2v) is 8.22. The maximum absolute atomic E-state index is 13.7. The molecule has 1 saturated heterocycles. The number of piperidine rings is 1. The molecule has 1 aliphatic rings. The highest BCUT2D eigenvalue weighted by atomic mass is 19.1. The largest absolute Gasteiger partial charge is 0.361 e. The van der Waals surface area contributed by atoms with Crippen LogP contribution in [0.25, 0.3) is 22.3 Å². The maximum Gasteiger partial charge on any atom is 0.318 e. The highest BCUT2D eigenvalue weighted by Crippen LogP contribution is 2.28. The van der Waals surface area contributed by atoms with E-state index in [1.165, 1.54) is 17.7 Å². The lowest BCUT2D eigenvalue weighted by molar-refractivity contribution is 0.389. The summed E-state index contributed by atoms with van der Waals surface area (Å²) in [4.78, 5) is 40.4. The van der Waals surface area contributed by atoms with E-state index >= 15 is 0 Å². The van der Waals surface area contributed by atoms with E-state index in [1.54, 1.807) is 12.4 Å². The molecule has 0 unspecified atom stereocenters. The number of fused-ring (bicyclic) bond motifs is 1. The molecule has 0 saturated carbocycles. The zero-order chi connectivity index (χ0) is 23.3. The van der Waals surface area contributed by atoms with Crippen molar-refractivity contribution < 1.29 is 8.91 Å². The van der Waals surface area contributed by atoms with Crippen molar-refractivity contribution in [3.8, 4) is 11.1 Å². The lowest BCUT2D eigenvalue weighted by Gasteiger charge is -2.33. The Morgan fingerprint density at radius 1 is 1.03 bits per heavy atom. The number of nitrogens with zero attached hydrogens (tertiary/aromatic N) is 7. The van der Waals surface area contributed by atoms with Crippen LogP contribution in [-0.4, -0.2) is 42.3 Å². The van der Waals surface area contributed by atoms with Gasteiger partial charge in [0.2, 0.25) is 5.95 Å². The second-order valence-electron chi connectivity index (χ2n) is 8.22. The van der Waals surface area contributed by atoms with Crippen LogP contribution in [0.4, 0.5) is 10.3 Å². The minimum absolute atomic E-state index is 0.232. The average Bonchev–Trinajstić information content (AvgIpc) is 3.16. The van der Waals surface area contributed by atoms with Gasteiger partial charge in [-0.1, -0.05) is 5.16 Å². The highest BCUT2D eigenvalue weighted by molar-refractivity contribution is 5.70. The average molecular weight is 451 g/mol. The lowest BCUT2D eigenvalue weighted by atomic mass is 10.0. The summed E-state index contributed by atoms with van der Waals surface area (Å²) < 4.78 is 21.5. The number of rotatable bonds is 3.